The second kappa shape index (κ2) is 6.14. The minimum Gasteiger partial charge on any atom is -0.497 e. The molecule has 0 aromatic heterocycles. The molecule has 1 atom stereocenters. The van der Waals surface area contributed by atoms with Crippen LogP contribution in [0.4, 0.5) is 4.39 Å². The van der Waals surface area contributed by atoms with Crippen LogP contribution in [0.5, 0.6) is 5.75 Å². The molecule has 2 rings (SSSR count). The van der Waals surface area contributed by atoms with Crippen molar-refractivity contribution in [2.24, 2.45) is 0 Å². The molecule has 1 unspecified atom stereocenters. The summed E-state index contributed by atoms with van der Waals surface area (Å²) in [6, 6.07) is 13.6. The second-order valence-electron chi connectivity index (χ2n) is 4.35. The first-order chi connectivity index (χ1) is 9.22. The van der Waals surface area contributed by atoms with Gasteiger partial charge in [-0.1, -0.05) is 24.3 Å². The molecule has 0 bridgehead atoms. The number of carbonyl (C=O) groups excluding carboxylic acids is 1. The van der Waals surface area contributed by atoms with E-state index in [0.717, 1.165) is 23.2 Å². The van der Waals surface area contributed by atoms with Gasteiger partial charge in [0.2, 0.25) is 0 Å². The summed E-state index contributed by atoms with van der Waals surface area (Å²) in [5, 5.41) is 0. The topological polar surface area (TPSA) is 26.3 Å². The number of rotatable bonds is 5. The van der Waals surface area contributed by atoms with Crippen molar-refractivity contribution in [3.63, 3.8) is 0 Å². The van der Waals surface area contributed by atoms with Crippen LogP contribution in [0.3, 0.4) is 0 Å². The Labute approximate surface area is 111 Å². The fraction of sp³-hybridized carbons (Fsp3) is 0.188. The number of benzene rings is 2. The van der Waals surface area contributed by atoms with E-state index in [1.165, 1.54) is 12.1 Å². The van der Waals surface area contributed by atoms with Gasteiger partial charge < -0.3 is 9.53 Å². The summed E-state index contributed by atoms with van der Waals surface area (Å²) >= 11 is 0. The van der Waals surface area contributed by atoms with Gasteiger partial charge in [0.1, 0.15) is 17.9 Å². The fourth-order valence-electron chi connectivity index (χ4n) is 2.01. The minimum atomic E-state index is -0.297. The maximum Gasteiger partial charge on any atom is 0.127 e. The molecule has 2 aromatic carbocycles. The molecule has 0 aliphatic heterocycles. The zero-order valence-electron chi connectivity index (χ0n) is 10.7. The average Bonchev–Trinajstić information content (AvgIpc) is 2.46. The van der Waals surface area contributed by atoms with E-state index in [2.05, 4.69) is 0 Å². The van der Waals surface area contributed by atoms with Gasteiger partial charge >= 0.3 is 0 Å². The van der Waals surface area contributed by atoms with Crippen LogP contribution in [-0.2, 0) is 11.2 Å². The Hall–Kier alpha value is -2.16. The lowest BCUT2D eigenvalue weighted by Gasteiger charge is -2.11. The molecule has 3 heteroatoms. The zero-order valence-corrected chi connectivity index (χ0v) is 10.7. The lowest BCUT2D eigenvalue weighted by Crippen LogP contribution is -2.04. The third-order valence-electron chi connectivity index (χ3n) is 3.05. The minimum absolute atomic E-state index is 0.271. The molecular weight excluding hydrogens is 243 g/mol. The lowest BCUT2D eigenvalue weighted by atomic mass is 9.93. The fourth-order valence-corrected chi connectivity index (χ4v) is 2.01. The quantitative estimate of drug-likeness (QED) is 0.769. The highest BCUT2D eigenvalue weighted by Gasteiger charge is 2.11. The van der Waals surface area contributed by atoms with Crippen LogP contribution in [0.2, 0.25) is 0 Å². The number of hydrogen-bond acceptors (Lipinski definition) is 2. The zero-order chi connectivity index (χ0) is 13.7. The van der Waals surface area contributed by atoms with Gasteiger partial charge in [0.15, 0.2) is 0 Å². The van der Waals surface area contributed by atoms with E-state index >= 15 is 0 Å². The van der Waals surface area contributed by atoms with Crippen LogP contribution in [0.15, 0.2) is 48.5 Å². The molecule has 0 saturated carbocycles. The molecule has 19 heavy (non-hydrogen) atoms. The second-order valence-corrected chi connectivity index (χ2v) is 4.35. The molecule has 0 radical (unpaired) electrons. The highest BCUT2D eigenvalue weighted by atomic mass is 19.1. The summed E-state index contributed by atoms with van der Waals surface area (Å²) in [6.07, 6.45) is 1.47. The smallest absolute Gasteiger partial charge is 0.127 e. The highest BCUT2D eigenvalue weighted by Crippen LogP contribution is 2.21. The van der Waals surface area contributed by atoms with E-state index in [1.54, 1.807) is 19.2 Å². The Morgan fingerprint density at radius 1 is 1.21 bits per heavy atom. The first-order valence-corrected chi connectivity index (χ1v) is 6.06. The summed E-state index contributed by atoms with van der Waals surface area (Å²) in [6.45, 7) is 0. The van der Waals surface area contributed by atoms with Crippen molar-refractivity contribution in [1.29, 1.82) is 0 Å². The van der Waals surface area contributed by atoms with Gasteiger partial charge in [-0.2, -0.15) is 0 Å². The predicted molar refractivity (Wildman–Crippen MR) is 71.9 cm³/mol. The number of halogens is 1. The maximum absolute atomic E-state index is 12.9. The summed E-state index contributed by atoms with van der Waals surface area (Å²) in [5.41, 5.74) is 1.83. The SMILES string of the molecule is COc1cccc(CC(C=O)c2ccc(F)cc2)c1. The van der Waals surface area contributed by atoms with Crippen LogP contribution in [0.1, 0.15) is 17.0 Å². The number of carbonyl (C=O) groups is 1. The monoisotopic (exact) mass is 258 g/mol. The summed E-state index contributed by atoms with van der Waals surface area (Å²) in [7, 11) is 1.61. The van der Waals surface area contributed by atoms with E-state index in [0.29, 0.717) is 6.42 Å². The van der Waals surface area contributed by atoms with Crippen molar-refractivity contribution < 1.29 is 13.9 Å². The van der Waals surface area contributed by atoms with E-state index < -0.39 is 0 Å². The van der Waals surface area contributed by atoms with Crippen LogP contribution in [-0.4, -0.2) is 13.4 Å². The van der Waals surface area contributed by atoms with E-state index in [-0.39, 0.29) is 11.7 Å². The molecule has 2 aromatic rings. The van der Waals surface area contributed by atoms with Gasteiger partial charge in [0, 0.05) is 5.92 Å². The van der Waals surface area contributed by atoms with Crippen LogP contribution < -0.4 is 4.74 Å². The van der Waals surface area contributed by atoms with Crippen molar-refractivity contribution in [1.82, 2.24) is 0 Å². The Morgan fingerprint density at radius 3 is 2.58 bits per heavy atom. The van der Waals surface area contributed by atoms with E-state index in [9.17, 15) is 9.18 Å². The molecule has 0 aliphatic rings. The Morgan fingerprint density at radius 2 is 1.95 bits per heavy atom. The first-order valence-electron chi connectivity index (χ1n) is 6.06. The molecule has 0 saturated heterocycles. The Balaban J connectivity index is 2.18. The molecule has 0 N–H and O–H groups in total. The van der Waals surface area contributed by atoms with Crippen molar-refractivity contribution in [2.75, 3.05) is 7.11 Å². The van der Waals surface area contributed by atoms with Gasteiger partial charge in [0.25, 0.3) is 0 Å². The van der Waals surface area contributed by atoms with Crippen molar-refractivity contribution in [2.45, 2.75) is 12.3 Å². The van der Waals surface area contributed by atoms with Gasteiger partial charge in [-0.3, -0.25) is 0 Å². The third kappa shape index (κ3) is 3.41. The van der Waals surface area contributed by atoms with Crippen LogP contribution in [0.25, 0.3) is 0 Å². The molecule has 0 spiro atoms. The molecule has 0 aliphatic carbocycles. The first kappa shape index (κ1) is 13.3. The van der Waals surface area contributed by atoms with Crippen LogP contribution in [0, 0.1) is 5.82 Å². The van der Waals surface area contributed by atoms with Crippen molar-refractivity contribution in [3.05, 3.63) is 65.5 Å². The van der Waals surface area contributed by atoms with Gasteiger partial charge in [-0.05, 0) is 41.8 Å². The lowest BCUT2D eigenvalue weighted by molar-refractivity contribution is -0.109. The van der Waals surface area contributed by atoms with Gasteiger partial charge in [0.05, 0.1) is 7.11 Å². The predicted octanol–water partition coefficient (Wildman–Crippen LogP) is 3.36. The summed E-state index contributed by atoms with van der Waals surface area (Å²) in [5.74, 6) is 0.198. The maximum atomic E-state index is 12.9. The molecule has 0 heterocycles. The van der Waals surface area contributed by atoms with Crippen molar-refractivity contribution in [3.8, 4) is 5.75 Å². The number of ether oxygens (including phenoxy) is 1. The molecule has 2 nitrogen and oxygen atoms in total. The summed E-state index contributed by atoms with van der Waals surface area (Å²) < 4.78 is 18.0. The van der Waals surface area contributed by atoms with Gasteiger partial charge in [-0.15, -0.1) is 0 Å². The Kier molecular flexibility index (Phi) is 4.29. The molecule has 0 fully saturated rings. The average molecular weight is 258 g/mol. The Bertz CT molecular complexity index is 549. The normalized spacial score (nSPS) is 11.9. The highest BCUT2D eigenvalue weighted by molar-refractivity contribution is 5.63. The molecular formula is C16H15FO2. The van der Waals surface area contributed by atoms with Crippen LogP contribution >= 0.6 is 0 Å². The van der Waals surface area contributed by atoms with E-state index in [4.69, 9.17) is 4.74 Å². The largest absolute Gasteiger partial charge is 0.497 e. The number of hydrogen-bond donors (Lipinski definition) is 0. The molecule has 0 amide bonds. The van der Waals surface area contributed by atoms with Crippen molar-refractivity contribution >= 4 is 6.29 Å². The van der Waals surface area contributed by atoms with E-state index in [1.807, 2.05) is 24.3 Å². The number of aldehydes is 1. The third-order valence-corrected chi connectivity index (χ3v) is 3.05. The summed E-state index contributed by atoms with van der Waals surface area (Å²) in [4.78, 5) is 11.2. The standard InChI is InChI=1S/C16H15FO2/c1-19-16-4-2-3-12(10-16)9-14(11-18)13-5-7-15(17)8-6-13/h2-8,10-11,14H,9H2,1H3. The molecule has 98 valence electrons. The van der Waals surface area contributed by atoms with Gasteiger partial charge in [-0.25, -0.2) is 4.39 Å². The number of methoxy groups -OCH3 is 1.